The zero-order chi connectivity index (χ0) is 28.0. The number of carbonyl (C=O) groups excluding carboxylic acids is 1. The highest BCUT2D eigenvalue weighted by Gasteiger charge is 2.41. The lowest BCUT2D eigenvalue weighted by Gasteiger charge is -2.26. The van der Waals surface area contributed by atoms with Gasteiger partial charge in [-0.3, -0.25) is 9.79 Å². The van der Waals surface area contributed by atoms with Crippen LogP contribution >= 0.6 is 23.2 Å². The Morgan fingerprint density at radius 2 is 1.95 bits per heavy atom. The molecule has 1 aliphatic rings. The van der Waals surface area contributed by atoms with Crippen LogP contribution in [0.2, 0.25) is 10.0 Å². The number of carbonyl (C=O) groups is 1. The van der Waals surface area contributed by atoms with E-state index in [0.29, 0.717) is 33.4 Å². The third-order valence-electron chi connectivity index (χ3n) is 5.76. The second-order valence-corrected chi connectivity index (χ2v) is 12.4. The molecule has 0 unspecified atom stereocenters. The van der Waals surface area contributed by atoms with E-state index in [2.05, 4.69) is 22.2 Å². The maximum absolute atomic E-state index is 12.9. The van der Waals surface area contributed by atoms with Crippen molar-refractivity contribution in [1.29, 1.82) is 0 Å². The number of sulfonamides is 1. The summed E-state index contributed by atoms with van der Waals surface area (Å²) in [5, 5.41) is 6.34. The van der Waals surface area contributed by atoms with Crippen molar-refractivity contribution in [2.45, 2.75) is 70.8 Å². The Kier molecular flexibility index (Phi) is 10.9. The second kappa shape index (κ2) is 12.8. The first-order valence-electron chi connectivity index (χ1n) is 11.9. The Balaban J connectivity index is 2.07. The molecule has 1 atom stereocenters. The molecule has 1 amide bonds. The standard InChI is InChI=1S/C24H33Cl2F3N4O3S/c1-5-13-37(35,36)33(15-17-7-8-18(25)19(26)14-17)12-9-16(2)21-31-20(23(3,4)32-21)22(34)30-11-6-10-24(27,28)29/h7-8,14,20H,2,5-6,9-13,15H2,1,3-4H3,(H,30,34)(H,31,32)/t20-/m0/s1. The Hall–Kier alpha value is -1.82. The molecule has 1 aromatic carbocycles. The number of rotatable bonds is 13. The number of nitrogens with one attached hydrogen (secondary N) is 2. The Bertz CT molecular complexity index is 1120. The number of benzene rings is 1. The van der Waals surface area contributed by atoms with Gasteiger partial charge in [-0.2, -0.15) is 17.5 Å². The summed E-state index contributed by atoms with van der Waals surface area (Å²) in [4.78, 5) is 17.0. The molecule has 0 saturated carbocycles. The van der Waals surface area contributed by atoms with Crippen molar-refractivity contribution in [2.24, 2.45) is 4.99 Å². The highest BCUT2D eigenvalue weighted by molar-refractivity contribution is 7.89. The van der Waals surface area contributed by atoms with E-state index in [1.54, 1.807) is 39.0 Å². The molecule has 0 radical (unpaired) electrons. The van der Waals surface area contributed by atoms with Crippen LogP contribution in [0.4, 0.5) is 13.2 Å². The minimum Gasteiger partial charge on any atom is -0.363 e. The van der Waals surface area contributed by atoms with Crippen LogP contribution < -0.4 is 10.6 Å². The largest absolute Gasteiger partial charge is 0.389 e. The molecule has 7 nitrogen and oxygen atoms in total. The Morgan fingerprint density at radius 1 is 1.27 bits per heavy atom. The van der Waals surface area contributed by atoms with Gasteiger partial charge in [0.25, 0.3) is 0 Å². The lowest BCUT2D eigenvalue weighted by Crippen LogP contribution is -2.51. The number of hydrogen-bond acceptors (Lipinski definition) is 5. The fraction of sp³-hybridized carbons (Fsp3) is 0.583. The van der Waals surface area contributed by atoms with Crippen LogP contribution in [0.3, 0.4) is 0 Å². The van der Waals surface area contributed by atoms with Crippen molar-refractivity contribution >= 4 is 45.0 Å². The van der Waals surface area contributed by atoms with Gasteiger partial charge in [0.1, 0.15) is 5.84 Å². The van der Waals surface area contributed by atoms with Crippen LogP contribution in [0.15, 0.2) is 35.3 Å². The number of amides is 1. The molecule has 0 spiro atoms. The lowest BCUT2D eigenvalue weighted by molar-refractivity contribution is -0.136. The van der Waals surface area contributed by atoms with Gasteiger partial charge in [-0.15, -0.1) is 0 Å². The van der Waals surface area contributed by atoms with E-state index < -0.39 is 40.1 Å². The average molecular weight is 586 g/mol. The minimum atomic E-state index is -4.28. The zero-order valence-corrected chi connectivity index (χ0v) is 23.4. The number of amidine groups is 1. The third-order valence-corrected chi connectivity index (χ3v) is 8.52. The van der Waals surface area contributed by atoms with Gasteiger partial charge in [0, 0.05) is 26.1 Å². The van der Waals surface area contributed by atoms with Gasteiger partial charge in [0.15, 0.2) is 6.04 Å². The summed E-state index contributed by atoms with van der Waals surface area (Å²) in [6.07, 6.45) is -4.79. The third kappa shape index (κ3) is 9.46. The van der Waals surface area contributed by atoms with Gasteiger partial charge in [-0.25, -0.2) is 8.42 Å². The first-order valence-corrected chi connectivity index (χ1v) is 14.2. The van der Waals surface area contributed by atoms with E-state index in [-0.39, 0.29) is 38.2 Å². The van der Waals surface area contributed by atoms with Gasteiger partial charge in [0.2, 0.25) is 15.9 Å². The predicted octanol–water partition coefficient (Wildman–Crippen LogP) is 5.09. The highest BCUT2D eigenvalue weighted by atomic mass is 35.5. The number of nitrogens with zero attached hydrogens (tertiary/aromatic N) is 2. The Morgan fingerprint density at radius 3 is 2.54 bits per heavy atom. The molecule has 0 aliphatic carbocycles. The summed E-state index contributed by atoms with van der Waals surface area (Å²) < 4.78 is 64.2. The van der Waals surface area contributed by atoms with Crippen LogP contribution in [0.25, 0.3) is 0 Å². The van der Waals surface area contributed by atoms with Crippen molar-refractivity contribution in [3.05, 3.63) is 46.0 Å². The predicted molar refractivity (Wildman–Crippen MR) is 141 cm³/mol. The lowest BCUT2D eigenvalue weighted by atomic mass is 9.96. The molecule has 208 valence electrons. The summed E-state index contributed by atoms with van der Waals surface area (Å²) in [6, 6.07) is 4.06. The molecule has 37 heavy (non-hydrogen) atoms. The monoisotopic (exact) mass is 584 g/mol. The highest BCUT2D eigenvalue weighted by Crippen LogP contribution is 2.26. The average Bonchev–Trinajstić information content (AvgIpc) is 3.10. The van der Waals surface area contributed by atoms with Crippen molar-refractivity contribution in [2.75, 3.05) is 18.8 Å². The van der Waals surface area contributed by atoms with Gasteiger partial charge >= 0.3 is 6.18 Å². The molecule has 2 rings (SSSR count). The van der Waals surface area contributed by atoms with Crippen molar-refractivity contribution in [3.63, 3.8) is 0 Å². The van der Waals surface area contributed by atoms with E-state index in [1.807, 2.05) is 0 Å². The van der Waals surface area contributed by atoms with Gasteiger partial charge in [-0.05, 0) is 56.4 Å². The van der Waals surface area contributed by atoms with E-state index >= 15 is 0 Å². The van der Waals surface area contributed by atoms with Gasteiger partial charge < -0.3 is 10.6 Å². The van der Waals surface area contributed by atoms with Crippen LogP contribution in [0.5, 0.6) is 0 Å². The smallest absolute Gasteiger partial charge is 0.363 e. The fourth-order valence-electron chi connectivity index (χ4n) is 3.78. The van der Waals surface area contributed by atoms with Gasteiger partial charge in [-0.1, -0.05) is 42.8 Å². The number of aliphatic imine (C=N–C) groups is 1. The first kappa shape index (κ1) is 31.4. The van der Waals surface area contributed by atoms with Crippen molar-refractivity contribution in [1.82, 2.24) is 14.9 Å². The summed E-state index contributed by atoms with van der Waals surface area (Å²) in [7, 11) is -3.57. The summed E-state index contributed by atoms with van der Waals surface area (Å²) in [5.41, 5.74) is 0.381. The van der Waals surface area contributed by atoms with Crippen LogP contribution in [0.1, 0.15) is 52.0 Å². The van der Waals surface area contributed by atoms with Crippen LogP contribution in [-0.2, 0) is 21.4 Å². The number of hydrogen-bond donors (Lipinski definition) is 2. The molecule has 1 heterocycles. The summed E-state index contributed by atoms with van der Waals surface area (Å²) in [6.45, 7) is 9.40. The molecule has 2 N–H and O–H groups in total. The maximum Gasteiger partial charge on any atom is 0.389 e. The molecule has 0 aromatic heterocycles. The first-order chi connectivity index (χ1) is 17.1. The molecule has 1 aromatic rings. The number of halogens is 5. The molecule has 0 saturated heterocycles. The number of alkyl halides is 3. The molecular formula is C24H33Cl2F3N4O3S. The van der Waals surface area contributed by atoms with Crippen LogP contribution in [0, 0.1) is 0 Å². The summed E-state index contributed by atoms with van der Waals surface area (Å²) >= 11 is 12.1. The van der Waals surface area contributed by atoms with Crippen molar-refractivity contribution in [3.8, 4) is 0 Å². The summed E-state index contributed by atoms with van der Waals surface area (Å²) in [5.74, 6) is -0.152. The Labute approximate surface area is 226 Å². The minimum absolute atomic E-state index is 0.0242. The van der Waals surface area contributed by atoms with Crippen molar-refractivity contribution < 1.29 is 26.4 Å². The van der Waals surface area contributed by atoms with E-state index in [4.69, 9.17) is 23.2 Å². The topological polar surface area (TPSA) is 90.9 Å². The van der Waals surface area contributed by atoms with E-state index in [9.17, 15) is 26.4 Å². The molecule has 0 bridgehead atoms. The van der Waals surface area contributed by atoms with Gasteiger partial charge in [0.05, 0.1) is 21.3 Å². The fourth-order valence-corrected chi connectivity index (χ4v) is 5.59. The molecule has 1 aliphatic heterocycles. The maximum atomic E-state index is 12.9. The molecular weight excluding hydrogens is 552 g/mol. The van der Waals surface area contributed by atoms with E-state index in [0.717, 1.165) is 0 Å². The normalized spacial score (nSPS) is 17.4. The molecule has 13 heteroatoms. The van der Waals surface area contributed by atoms with Crippen LogP contribution in [-0.4, -0.2) is 61.1 Å². The second-order valence-electron chi connectivity index (χ2n) is 9.49. The van der Waals surface area contributed by atoms with E-state index in [1.165, 1.54) is 4.31 Å². The SMILES string of the molecule is C=C(CCN(Cc1ccc(Cl)c(Cl)c1)S(=O)(=O)CCC)C1=N[C@@H](C(=O)NCCCC(F)(F)F)C(C)(C)N1. The zero-order valence-electron chi connectivity index (χ0n) is 21.1. The molecule has 0 fully saturated rings. The quantitative estimate of drug-likeness (QED) is 0.316.